The van der Waals surface area contributed by atoms with E-state index in [4.69, 9.17) is 9.90 Å². The molecule has 0 saturated carbocycles. The molecule has 0 aromatic carbocycles. The molecule has 0 aromatic heterocycles. The quantitative estimate of drug-likeness (QED) is 0.672. The van der Waals surface area contributed by atoms with Crippen LogP contribution < -0.4 is 0 Å². The Morgan fingerprint density at radius 3 is 2.54 bits per heavy atom. The molecular weight excluding hydrogens is 168 g/mol. The first-order valence-corrected chi connectivity index (χ1v) is 4.45. The molecule has 0 saturated heterocycles. The summed E-state index contributed by atoms with van der Waals surface area (Å²) in [5.74, 6) is 0. The molecule has 0 unspecified atom stereocenters. The molecule has 0 fully saturated rings. The van der Waals surface area contributed by atoms with E-state index in [2.05, 4.69) is 36.2 Å². The van der Waals surface area contributed by atoms with Crippen LogP contribution in [-0.2, 0) is 4.79 Å². The fourth-order valence-corrected chi connectivity index (χ4v) is 1.10. The number of hydrogen-bond acceptors (Lipinski definition) is 3. The number of unbranched alkanes of at least 4 members (excludes halogenated alkanes) is 1. The van der Waals surface area contributed by atoms with Crippen LogP contribution in [0.15, 0.2) is 12.4 Å². The molecule has 13 heavy (non-hydrogen) atoms. The predicted molar refractivity (Wildman–Crippen MR) is 52.1 cm³/mol. The van der Waals surface area contributed by atoms with Crippen molar-refractivity contribution >= 4 is 6.47 Å². The molecule has 1 N–H and O–H groups in total. The molecule has 0 aliphatic carbocycles. The van der Waals surface area contributed by atoms with Gasteiger partial charge in [0.25, 0.3) is 6.47 Å². The van der Waals surface area contributed by atoms with Gasteiger partial charge < -0.3 is 14.9 Å². The van der Waals surface area contributed by atoms with E-state index in [-0.39, 0.29) is 6.47 Å². The molecular formula is C9H18N2O2. The molecule has 1 aliphatic heterocycles. The van der Waals surface area contributed by atoms with Crippen molar-refractivity contribution in [2.75, 3.05) is 20.3 Å². The van der Waals surface area contributed by atoms with Crippen LogP contribution in [0.5, 0.6) is 0 Å². The fraction of sp³-hybridized carbons (Fsp3) is 0.667. The van der Waals surface area contributed by atoms with E-state index >= 15 is 0 Å². The summed E-state index contributed by atoms with van der Waals surface area (Å²) in [6.45, 7) is 4.25. The highest BCUT2D eigenvalue weighted by atomic mass is 16.3. The van der Waals surface area contributed by atoms with Gasteiger partial charge in [0.15, 0.2) is 0 Å². The summed E-state index contributed by atoms with van der Waals surface area (Å²) in [7, 11) is 2.10. The van der Waals surface area contributed by atoms with Crippen molar-refractivity contribution in [3.8, 4) is 0 Å². The summed E-state index contributed by atoms with van der Waals surface area (Å²) in [4.78, 5) is 12.9. The third kappa shape index (κ3) is 6.02. The zero-order valence-electron chi connectivity index (χ0n) is 8.31. The van der Waals surface area contributed by atoms with Gasteiger partial charge in [0.2, 0.25) is 0 Å². The van der Waals surface area contributed by atoms with Crippen LogP contribution in [0.4, 0.5) is 0 Å². The highest BCUT2D eigenvalue weighted by molar-refractivity contribution is 5.32. The molecule has 4 nitrogen and oxygen atoms in total. The molecule has 0 bridgehead atoms. The molecule has 0 amide bonds. The standard InChI is InChI=1S/C8H16N2.CH2O2/c1-3-4-5-10-7-6-9(2)8-10;2-1-3/h6-7H,3-5,8H2,1-2H3;1H,(H,2,3). The minimum Gasteiger partial charge on any atom is -0.483 e. The van der Waals surface area contributed by atoms with E-state index in [1.165, 1.54) is 19.4 Å². The summed E-state index contributed by atoms with van der Waals surface area (Å²) >= 11 is 0. The van der Waals surface area contributed by atoms with Crippen LogP contribution in [0.2, 0.25) is 0 Å². The Morgan fingerprint density at radius 2 is 2.15 bits per heavy atom. The monoisotopic (exact) mass is 186 g/mol. The first-order valence-electron chi connectivity index (χ1n) is 4.45. The van der Waals surface area contributed by atoms with Crippen molar-refractivity contribution in [3.05, 3.63) is 12.4 Å². The van der Waals surface area contributed by atoms with Crippen LogP contribution in [0.3, 0.4) is 0 Å². The van der Waals surface area contributed by atoms with Gasteiger partial charge in [-0.1, -0.05) is 13.3 Å². The molecule has 0 spiro atoms. The van der Waals surface area contributed by atoms with Gasteiger partial charge in [-0.05, 0) is 6.42 Å². The normalized spacial score (nSPS) is 14.0. The molecule has 1 heterocycles. The smallest absolute Gasteiger partial charge is 0.290 e. The SMILES string of the molecule is CCCCN1C=CN(C)C1.O=CO. The summed E-state index contributed by atoms with van der Waals surface area (Å²) in [6.07, 6.45) is 6.87. The molecule has 4 heteroatoms. The van der Waals surface area contributed by atoms with Gasteiger partial charge in [-0.15, -0.1) is 0 Å². The molecule has 0 aromatic rings. The van der Waals surface area contributed by atoms with Crippen LogP contribution in [0, 0.1) is 0 Å². The minimum atomic E-state index is -0.250. The Balaban J connectivity index is 0.000000424. The third-order valence-electron chi connectivity index (χ3n) is 1.74. The first-order chi connectivity index (χ1) is 6.24. The first kappa shape index (κ1) is 11.8. The number of nitrogens with zero attached hydrogens (tertiary/aromatic N) is 2. The third-order valence-corrected chi connectivity index (χ3v) is 1.74. The Bertz CT molecular complexity index is 160. The Kier molecular flexibility index (Phi) is 6.78. The maximum Gasteiger partial charge on any atom is 0.290 e. The lowest BCUT2D eigenvalue weighted by Crippen LogP contribution is -2.23. The zero-order valence-corrected chi connectivity index (χ0v) is 8.31. The predicted octanol–water partition coefficient (Wildman–Crippen LogP) is 1.16. The van der Waals surface area contributed by atoms with Crippen molar-refractivity contribution in [1.29, 1.82) is 0 Å². The van der Waals surface area contributed by atoms with E-state index in [0.29, 0.717) is 0 Å². The van der Waals surface area contributed by atoms with E-state index in [1.807, 2.05) is 0 Å². The second kappa shape index (κ2) is 7.46. The van der Waals surface area contributed by atoms with E-state index in [0.717, 1.165) is 6.67 Å². The summed E-state index contributed by atoms with van der Waals surface area (Å²) in [5, 5.41) is 6.89. The van der Waals surface area contributed by atoms with Crippen LogP contribution in [-0.4, -0.2) is 41.6 Å². The molecule has 1 rings (SSSR count). The topological polar surface area (TPSA) is 43.8 Å². The van der Waals surface area contributed by atoms with Crippen molar-refractivity contribution in [3.63, 3.8) is 0 Å². The fourth-order valence-electron chi connectivity index (χ4n) is 1.10. The van der Waals surface area contributed by atoms with Gasteiger partial charge >= 0.3 is 0 Å². The Hall–Kier alpha value is -1.19. The molecule has 76 valence electrons. The van der Waals surface area contributed by atoms with E-state index in [1.54, 1.807) is 0 Å². The van der Waals surface area contributed by atoms with E-state index < -0.39 is 0 Å². The summed E-state index contributed by atoms with van der Waals surface area (Å²) in [5.41, 5.74) is 0. The highest BCUT2D eigenvalue weighted by Crippen LogP contribution is 2.04. The maximum atomic E-state index is 8.36. The second-order valence-corrected chi connectivity index (χ2v) is 2.97. The maximum absolute atomic E-state index is 8.36. The van der Waals surface area contributed by atoms with Crippen molar-refractivity contribution in [2.45, 2.75) is 19.8 Å². The molecule has 1 aliphatic rings. The van der Waals surface area contributed by atoms with Gasteiger partial charge in [-0.25, -0.2) is 0 Å². The average Bonchev–Trinajstić information content (AvgIpc) is 2.49. The van der Waals surface area contributed by atoms with Crippen LogP contribution in [0.1, 0.15) is 19.8 Å². The number of rotatable bonds is 3. The van der Waals surface area contributed by atoms with Gasteiger partial charge in [0.05, 0.1) is 6.67 Å². The Morgan fingerprint density at radius 1 is 1.54 bits per heavy atom. The van der Waals surface area contributed by atoms with Crippen molar-refractivity contribution in [1.82, 2.24) is 9.80 Å². The van der Waals surface area contributed by atoms with Crippen molar-refractivity contribution in [2.24, 2.45) is 0 Å². The minimum absolute atomic E-state index is 0.250. The summed E-state index contributed by atoms with van der Waals surface area (Å²) < 4.78 is 0. The average molecular weight is 186 g/mol. The number of carboxylic acid groups (broad SMARTS) is 1. The van der Waals surface area contributed by atoms with Gasteiger partial charge in [0.1, 0.15) is 0 Å². The largest absolute Gasteiger partial charge is 0.483 e. The highest BCUT2D eigenvalue weighted by Gasteiger charge is 2.05. The number of carbonyl (C=O) groups is 1. The van der Waals surface area contributed by atoms with Crippen LogP contribution in [0.25, 0.3) is 0 Å². The van der Waals surface area contributed by atoms with Gasteiger partial charge in [-0.3, -0.25) is 4.79 Å². The molecule has 0 atom stereocenters. The lowest BCUT2D eigenvalue weighted by Gasteiger charge is -2.17. The van der Waals surface area contributed by atoms with Gasteiger partial charge in [0, 0.05) is 26.0 Å². The summed E-state index contributed by atoms with van der Waals surface area (Å²) in [6, 6.07) is 0. The van der Waals surface area contributed by atoms with Crippen molar-refractivity contribution < 1.29 is 9.90 Å². The molecule has 0 radical (unpaired) electrons. The second-order valence-electron chi connectivity index (χ2n) is 2.97. The van der Waals surface area contributed by atoms with E-state index in [9.17, 15) is 0 Å². The zero-order chi connectivity index (χ0) is 10.1. The lowest BCUT2D eigenvalue weighted by molar-refractivity contribution is -0.122. The Labute approximate surface area is 79.4 Å². The van der Waals surface area contributed by atoms with Crippen LogP contribution >= 0.6 is 0 Å². The lowest BCUT2D eigenvalue weighted by atomic mass is 10.3. The van der Waals surface area contributed by atoms with Gasteiger partial charge in [-0.2, -0.15) is 0 Å². The number of hydrogen-bond donors (Lipinski definition) is 1.